The molecule has 45 heavy (non-hydrogen) atoms. The smallest absolute Gasteiger partial charge is 0.872 e. The van der Waals surface area contributed by atoms with Crippen LogP contribution >= 0.6 is 0 Å². The summed E-state index contributed by atoms with van der Waals surface area (Å²) in [6, 6.07) is 46.3. The molecule has 0 saturated heterocycles. The van der Waals surface area contributed by atoms with Crippen molar-refractivity contribution in [3.63, 3.8) is 0 Å². The molecular weight excluding hydrogens is 545 g/mol. The number of hydrogen-bond donors (Lipinski definition) is 0. The van der Waals surface area contributed by atoms with Crippen LogP contribution < -0.4 is 10.2 Å². The van der Waals surface area contributed by atoms with Crippen LogP contribution in [0.5, 0.6) is 11.5 Å². The van der Waals surface area contributed by atoms with Gasteiger partial charge in [-0.05, 0) is 57.9 Å². The second-order valence-corrected chi connectivity index (χ2v) is 11.0. The standard InChI is InChI=1S/C42H34O2.Be/c1-30-26-38(36-22-18-34(19-23-36)15-13-32-10-6-3-7-11-32)28-40(42(30)44)29-39-27-37(24-25-41(39)43)35-20-16-33(17-21-35)14-12-31-8-4-2-5-9-31;/h2-28,43-44H,29H2,1H3;/q;+2/p-2/b14-12+,15-13+;. The first kappa shape index (κ1) is 31.0. The van der Waals surface area contributed by atoms with Crippen LogP contribution in [-0.2, 0) is 6.42 Å². The summed E-state index contributed by atoms with van der Waals surface area (Å²) in [6.45, 7) is 1.84. The van der Waals surface area contributed by atoms with Crippen molar-refractivity contribution in [1.29, 1.82) is 0 Å². The summed E-state index contributed by atoms with van der Waals surface area (Å²) in [5, 5.41) is 26.1. The Kier molecular flexibility index (Phi) is 9.90. The van der Waals surface area contributed by atoms with Crippen molar-refractivity contribution in [2.24, 2.45) is 0 Å². The Morgan fingerprint density at radius 3 is 1.38 bits per heavy atom. The molecule has 3 heteroatoms. The van der Waals surface area contributed by atoms with Crippen LogP contribution in [0.2, 0.25) is 0 Å². The molecule has 0 N–H and O–H groups in total. The molecule has 6 aromatic carbocycles. The van der Waals surface area contributed by atoms with Gasteiger partial charge in [-0.25, -0.2) is 0 Å². The van der Waals surface area contributed by atoms with Gasteiger partial charge >= 0.3 is 10.1 Å². The molecule has 0 aliphatic carbocycles. The molecule has 2 nitrogen and oxygen atoms in total. The minimum atomic E-state index is -0.0619. The Morgan fingerprint density at radius 2 is 0.867 bits per heavy atom. The van der Waals surface area contributed by atoms with Crippen molar-refractivity contribution < 1.29 is 10.2 Å². The van der Waals surface area contributed by atoms with E-state index in [0.29, 0.717) is 16.7 Å². The van der Waals surface area contributed by atoms with Crippen molar-refractivity contribution in [3.05, 3.63) is 178 Å². The number of hydrogen-bond acceptors (Lipinski definition) is 2. The molecule has 0 unspecified atom stereocenters. The summed E-state index contributed by atoms with van der Waals surface area (Å²) in [4.78, 5) is 0. The van der Waals surface area contributed by atoms with Gasteiger partial charge in [0.1, 0.15) is 0 Å². The van der Waals surface area contributed by atoms with Crippen LogP contribution in [0.15, 0.2) is 140 Å². The summed E-state index contributed by atoms with van der Waals surface area (Å²) in [7, 11) is 0. The zero-order valence-electron chi connectivity index (χ0n) is 25.3. The fourth-order valence-electron chi connectivity index (χ4n) is 5.33. The first-order valence-electron chi connectivity index (χ1n) is 14.8. The molecule has 0 spiro atoms. The van der Waals surface area contributed by atoms with Crippen LogP contribution in [0.4, 0.5) is 0 Å². The minimum absolute atomic E-state index is 0. The molecular formula is C42H32BeO2. The fraction of sp³-hybridized carbons (Fsp3) is 0.0476. The van der Waals surface area contributed by atoms with Gasteiger partial charge in [0.05, 0.1) is 0 Å². The van der Waals surface area contributed by atoms with E-state index in [9.17, 15) is 10.2 Å². The molecule has 0 saturated carbocycles. The summed E-state index contributed by atoms with van der Waals surface area (Å²) in [5.74, 6) is -0.0799. The third kappa shape index (κ3) is 7.75. The second-order valence-electron chi connectivity index (χ2n) is 11.0. The van der Waals surface area contributed by atoms with E-state index < -0.39 is 0 Å². The zero-order chi connectivity index (χ0) is 30.3. The van der Waals surface area contributed by atoms with Gasteiger partial charge in [-0.2, -0.15) is 0 Å². The van der Waals surface area contributed by atoms with E-state index in [4.69, 9.17) is 0 Å². The molecule has 0 radical (unpaired) electrons. The van der Waals surface area contributed by atoms with Crippen molar-refractivity contribution in [1.82, 2.24) is 0 Å². The predicted octanol–water partition coefficient (Wildman–Crippen LogP) is 9.03. The molecule has 0 aliphatic heterocycles. The maximum absolute atomic E-state index is 13.2. The van der Waals surface area contributed by atoms with Crippen LogP contribution in [0.25, 0.3) is 46.6 Å². The Bertz CT molecular complexity index is 1920. The van der Waals surface area contributed by atoms with E-state index in [0.717, 1.165) is 44.5 Å². The van der Waals surface area contributed by atoms with Gasteiger partial charge in [0.2, 0.25) is 0 Å². The van der Waals surface area contributed by atoms with Gasteiger partial charge in [0.15, 0.2) is 0 Å². The molecule has 0 aliphatic rings. The normalized spacial score (nSPS) is 11.1. The van der Waals surface area contributed by atoms with Gasteiger partial charge in [0, 0.05) is 0 Å². The van der Waals surface area contributed by atoms with E-state index in [2.05, 4.69) is 97.1 Å². The van der Waals surface area contributed by atoms with Gasteiger partial charge in [0.25, 0.3) is 0 Å². The van der Waals surface area contributed by atoms with Crippen LogP contribution in [0, 0.1) is 6.92 Å². The molecule has 0 heterocycles. The third-order valence-corrected chi connectivity index (χ3v) is 7.82. The molecule has 6 aromatic rings. The van der Waals surface area contributed by atoms with Crippen molar-refractivity contribution in [3.8, 4) is 33.8 Å². The monoisotopic (exact) mass is 577 g/mol. The largest absolute Gasteiger partial charge is 2.00 e. The summed E-state index contributed by atoms with van der Waals surface area (Å²) >= 11 is 0. The van der Waals surface area contributed by atoms with Crippen LogP contribution in [0.3, 0.4) is 0 Å². The first-order chi connectivity index (χ1) is 21.5. The third-order valence-electron chi connectivity index (χ3n) is 7.82. The Labute approximate surface area is 269 Å². The number of aryl methyl sites for hydroxylation is 1. The molecule has 0 amide bonds. The van der Waals surface area contributed by atoms with Gasteiger partial charge < -0.3 is 10.2 Å². The van der Waals surface area contributed by atoms with Crippen molar-refractivity contribution >= 4 is 34.4 Å². The average Bonchev–Trinajstić information content (AvgIpc) is 3.07. The average molecular weight is 578 g/mol. The van der Waals surface area contributed by atoms with Crippen molar-refractivity contribution in [2.45, 2.75) is 13.3 Å². The Morgan fingerprint density at radius 1 is 0.444 bits per heavy atom. The van der Waals surface area contributed by atoms with E-state index in [1.807, 2.05) is 67.6 Å². The summed E-state index contributed by atoms with van der Waals surface area (Å²) in [6.07, 6.45) is 8.65. The molecule has 0 aromatic heterocycles. The van der Waals surface area contributed by atoms with Crippen LogP contribution in [-0.4, -0.2) is 10.1 Å². The molecule has 0 fully saturated rings. The van der Waals surface area contributed by atoms with Crippen molar-refractivity contribution in [2.75, 3.05) is 0 Å². The van der Waals surface area contributed by atoms with E-state index in [1.165, 1.54) is 0 Å². The predicted molar refractivity (Wildman–Crippen MR) is 187 cm³/mol. The molecule has 0 bridgehead atoms. The second kappa shape index (κ2) is 14.4. The van der Waals surface area contributed by atoms with Crippen LogP contribution in [0.1, 0.15) is 38.9 Å². The summed E-state index contributed by atoms with van der Waals surface area (Å²) in [5.41, 5.74) is 10.4. The minimum Gasteiger partial charge on any atom is -0.872 e. The SMILES string of the molecule is Cc1cc(-c2ccc(/C=C/c3ccccc3)cc2)cc(Cc2cc(-c3ccc(/C=C/c4ccccc4)cc3)ccc2[O-])c1[O-].[Be+2]. The topological polar surface area (TPSA) is 46.1 Å². The molecule has 214 valence electrons. The quantitative estimate of drug-likeness (QED) is 0.134. The fourth-order valence-corrected chi connectivity index (χ4v) is 5.33. The van der Waals surface area contributed by atoms with E-state index in [1.54, 1.807) is 6.07 Å². The maximum atomic E-state index is 13.2. The molecule has 0 atom stereocenters. The zero-order valence-corrected chi connectivity index (χ0v) is 25.3. The number of benzene rings is 6. The Balaban J connectivity index is 0.00000400. The van der Waals surface area contributed by atoms with E-state index >= 15 is 0 Å². The first-order valence-corrected chi connectivity index (χ1v) is 14.8. The number of rotatable bonds is 8. The maximum Gasteiger partial charge on any atom is 2.00 e. The van der Waals surface area contributed by atoms with Gasteiger partial charge in [-0.3, -0.25) is 0 Å². The molecule has 6 rings (SSSR count). The Hall–Kier alpha value is -5.43. The summed E-state index contributed by atoms with van der Waals surface area (Å²) < 4.78 is 0. The van der Waals surface area contributed by atoms with E-state index in [-0.39, 0.29) is 28.0 Å². The van der Waals surface area contributed by atoms with Gasteiger partial charge in [-0.15, -0.1) is 11.5 Å². The van der Waals surface area contributed by atoms with Gasteiger partial charge in [-0.1, -0.05) is 181 Å².